The number of nitrogens with zero attached hydrogens (tertiary/aromatic N) is 1. The van der Waals surface area contributed by atoms with Crippen molar-refractivity contribution in [2.45, 2.75) is 12.5 Å². The molecule has 0 aliphatic heterocycles. The van der Waals surface area contributed by atoms with E-state index >= 15 is 0 Å². The number of carboxylic acids is 2. The monoisotopic (exact) mass is 199 g/mol. The van der Waals surface area contributed by atoms with Crippen molar-refractivity contribution in [1.82, 2.24) is 0 Å². The Hall–Kier alpha value is -1.46. The number of hydrogen-bond donors (Lipinski definition) is 2. The first-order chi connectivity index (χ1) is 6.57. The largest absolute Gasteiger partial charge is 0.481 e. The summed E-state index contributed by atoms with van der Waals surface area (Å²) in [5.41, 5.74) is 0. The maximum atomic E-state index is 10.8. The van der Waals surface area contributed by atoms with E-state index in [9.17, 15) is 14.5 Å². The molecule has 5 unspecified atom stereocenters. The minimum Gasteiger partial charge on any atom is -0.481 e. The van der Waals surface area contributed by atoms with Crippen LogP contribution in [0.5, 0.6) is 0 Å². The molecular weight excluding hydrogens is 190 g/mol. The smallest absolute Gasteiger partial charge is 0.309 e. The highest BCUT2D eigenvalue weighted by Gasteiger charge is 2.67. The Kier molecular flexibility index (Phi) is 1.80. The fourth-order valence-electron chi connectivity index (χ4n) is 2.66. The molecule has 2 aliphatic carbocycles. The normalized spacial score (nSPS) is 44.1. The summed E-state index contributed by atoms with van der Waals surface area (Å²) in [5.74, 6) is -4.07. The van der Waals surface area contributed by atoms with Crippen LogP contribution in [0, 0.1) is 28.6 Å². The second-order valence-corrected chi connectivity index (χ2v) is 3.88. The molecule has 2 saturated carbocycles. The van der Waals surface area contributed by atoms with Crippen molar-refractivity contribution in [3.05, 3.63) is 4.91 Å². The van der Waals surface area contributed by atoms with Gasteiger partial charge in [-0.25, -0.2) is 0 Å². The lowest BCUT2D eigenvalue weighted by Gasteiger charge is -2.12. The number of carbonyl (C=O) groups is 2. The molecule has 0 spiro atoms. The fourth-order valence-corrected chi connectivity index (χ4v) is 2.66. The van der Waals surface area contributed by atoms with E-state index in [0.29, 0.717) is 6.42 Å². The minimum atomic E-state index is -1.11. The van der Waals surface area contributed by atoms with E-state index < -0.39 is 29.8 Å². The topological polar surface area (TPSA) is 104 Å². The third-order valence-electron chi connectivity index (χ3n) is 3.28. The van der Waals surface area contributed by atoms with Crippen LogP contribution in [0.2, 0.25) is 0 Å². The molecule has 2 N–H and O–H groups in total. The summed E-state index contributed by atoms with van der Waals surface area (Å²) in [7, 11) is 0. The van der Waals surface area contributed by atoms with Gasteiger partial charge >= 0.3 is 11.9 Å². The summed E-state index contributed by atoms with van der Waals surface area (Å²) in [6.07, 6.45) is 0.308. The van der Waals surface area contributed by atoms with E-state index in [1.807, 2.05) is 0 Å². The molecule has 0 aromatic rings. The molecule has 6 nitrogen and oxygen atoms in total. The van der Waals surface area contributed by atoms with Crippen LogP contribution in [0.15, 0.2) is 5.18 Å². The number of nitroso groups, excluding NO2 is 1. The van der Waals surface area contributed by atoms with E-state index in [1.54, 1.807) is 0 Å². The van der Waals surface area contributed by atoms with Gasteiger partial charge < -0.3 is 10.2 Å². The summed E-state index contributed by atoms with van der Waals surface area (Å²) in [6.45, 7) is 0. The molecule has 2 aliphatic rings. The first-order valence-electron chi connectivity index (χ1n) is 4.36. The molecule has 0 amide bonds. The summed E-state index contributed by atoms with van der Waals surface area (Å²) >= 11 is 0. The molecular formula is C8H9NO5. The Bertz CT molecular complexity index is 315. The van der Waals surface area contributed by atoms with Crippen molar-refractivity contribution in [2.24, 2.45) is 28.8 Å². The Morgan fingerprint density at radius 2 is 1.71 bits per heavy atom. The highest BCUT2D eigenvalue weighted by Crippen LogP contribution is 2.61. The Morgan fingerprint density at radius 1 is 1.14 bits per heavy atom. The lowest BCUT2D eigenvalue weighted by Crippen LogP contribution is -2.27. The van der Waals surface area contributed by atoms with Crippen LogP contribution in [0.4, 0.5) is 0 Å². The van der Waals surface area contributed by atoms with Crippen LogP contribution >= 0.6 is 0 Å². The van der Waals surface area contributed by atoms with E-state index in [4.69, 9.17) is 10.2 Å². The van der Waals surface area contributed by atoms with Gasteiger partial charge in [0.05, 0.1) is 11.8 Å². The average molecular weight is 199 g/mol. The summed E-state index contributed by atoms with van der Waals surface area (Å²) in [6, 6.07) is -0.738. The van der Waals surface area contributed by atoms with Gasteiger partial charge in [0, 0.05) is 0 Å². The molecule has 76 valence electrons. The molecule has 0 saturated heterocycles. The molecule has 6 heteroatoms. The summed E-state index contributed by atoms with van der Waals surface area (Å²) in [4.78, 5) is 31.7. The molecule has 5 atom stereocenters. The average Bonchev–Trinajstić information content (AvgIpc) is 2.67. The number of hydrogen-bond acceptors (Lipinski definition) is 4. The van der Waals surface area contributed by atoms with Gasteiger partial charge in [-0.05, 0) is 18.3 Å². The summed E-state index contributed by atoms with van der Waals surface area (Å²) < 4.78 is 0. The third kappa shape index (κ3) is 1.03. The van der Waals surface area contributed by atoms with Crippen molar-refractivity contribution in [3.8, 4) is 0 Å². The fraction of sp³-hybridized carbons (Fsp3) is 0.750. The Balaban J connectivity index is 2.16. The first-order valence-corrected chi connectivity index (χ1v) is 4.36. The number of carboxylic acid groups (broad SMARTS) is 2. The predicted molar refractivity (Wildman–Crippen MR) is 43.4 cm³/mol. The molecule has 0 aromatic carbocycles. The van der Waals surface area contributed by atoms with Gasteiger partial charge in [-0.2, -0.15) is 4.91 Å². The molecule has 0 aromatic heterocycles. The van der Waals surface area contributed by atoms with Crippen LogP contribution in [-0.4, -0.2) is 28.2 Å². The zero-order valence-corrected chi connectivity index (χ0v) is 7.16. The van der Waals surface area contributed by atoms with Gasteiger partial charge in [0.15, 0.2) is 0 Å². The van der Waals surface area contributed by atoms with Gasteiger partial charge in [0.1, 0.15) is 6.04 Å². The van der Waals surface area contributed by atoms with Crippen LogP contribution in [0.1, 0.15) is 6.42 Å². The molecule has 14 heavy (non-hydrogen) atoms. The maximum absolute atomic E-state index is 10.8. The van der Waals surface area contributed by atoms with Crippen molar-refractivity contribution in [1.29, 1.82) is 0 Å². The molecule has 2 rings (SSSR count). The Morgan fingerprint density at radius 3 is 2.14 bits per heavy atom. The first kappa shape index (κ1) is 9.11. The Labute approximate surface area is 78.9 Å². The van der Waals surface area contributed by atoms with E-state index in [0.717, 1.165) is 0 Å². The molecule has 0 bridgehead atoms. The van der Waals surface area contributed by atoms with Crippen molar-refractivity contribution in [3.63, 3.8) is 0 Å². The second kappa shape index (κ2) is 2.76. The van der Waals surface area contributed by atoms with Crippen molar-refractivity contribution >= 4 is 11.9 Å². The van der Waals surface area contributed by atoms with Crippen LogP contribution in [0.3, 0.4) is 0 Å². The highest BCUT2D eigenvalue weighted by atomic mass is 16.4. The van der Waals surface area contributed by atoms with Crippen LogP contribution < -0.4 is 0 Å². The standard InChI is InChI=1S/C8H9NO5/c10-7(11)5-2-1-3(9-14)6(4(2)5)8(12)13/h2-6H,1H2,(H,10,11)(H,12,13). The van der Waals surface area contributed by atoms with E-state index in [1.165, 1.54) is 0 Å². The summed E-state index contributed by atoms with van der Waals surface area (Å²) in [5, 5.41) is 20.3. The van der Waals surface area contributed by atoms with E-state index in [-0.39, 0.29) is 11.8 Å². The van der Waals surface area contributed by atoms with Crippen molar-refractivity contribution < 1.29 is 19.8 Å². The number of fused-ring (bicyclic) bond motifs is 1. The van der Waals surface area contributed by atoms with Gasteiger partial charge in [0.25, 0.3) is 0 Å². The van der Waals surface area contributed by atoms with Gasteiger partial charge in [-0.3, -0.25) is 9.59 Å². The molecule has 0 radical (unpaired) electrons. The van der Waals surface area contributed by atoms with Crippen molar-refractivity contribution in [2.75, 3.05) is 0 Å². The lowest BCUT2D eigenvalue weighted by atomic mass is 9.96. The SMILES string of the molecule is O=NC1CC2C(C(=O)O)C2C1C(=O)O. The van der Waals surface area contributed by atoms with E-state index in [2.05, 4.69) is 5.18 Å². The predicted octanol–water partition coefficient (Wildman–Crippen LogP) is 0.173. The van der Waals surface area contributed by atoms with Gasteiger partial charge in [-0.1, -0.05) is 5.18 Å². The number of rotatable bonds is 3. The third-order valence-corrected chi connectivity index (χ3v) is 3.28. The van der Waals surface area contributed by atoms with Crippen LogP contribution in [0.25, 0.3) is 0 Å². The van der Waals surface area contributed by atoms with Gasteiger partial charge in [0.2, 0.25) is 0 Å². The lowest BCUT2D eigenvalue weighted by molar-refractivity contribution is -0.144. The van der Waals surface area contributed by atoms with Crippen LogP contribution in [-0.2, 0) is 9.59 Å². The molecule has 2 fully saturated rings. The number of aliphatic carboxylic acids is 2. The maximum Gasteiger partial charge on any atom is 0.309 e. The quantitative estimate of drug-likeness (QED) is 0.630. The van der Waals surface area contributed by atoms with Gasteiger partial charge in [-0.15, -0.1) is 0 Å². The second-order valence-electron chi connectivity index (χ2n) is 3.88. The zero-order chi connectivity index (χ0) is 10.5. The minimum absolute atomic E-state index is 0.156. The highest BCUT2D eigenvalue weighted by molar-refractivity contribution is 5.80. The zero-order valence-electron chi connectivity index (χ0n) is 7.16. The molecule has 0 heterocycles.